The van der Waals surface area contributed by atoms with Crippen LogP contribution in [0.15, 0.2) is 30.0 Å². The van der Waals surface area contributed by atoms with Crippen LogP contribution < -0.4 is 0 Å². The second kappa shape index (κ2) is 7.12. The Balaban J connectivity index is 2.02. The molecule has 2 aliphatic carbocycles. The summed E-state index contributed by atoms with van der Waals surface area (Å²) in [6, 6.07) is 0. The third kappa shape index (κ3) is 3.49. The lowest BCUT2D eigenvalue weighted by Crippen LogP contribution is -2.15. The highest BCUT2D eigenvalue weighted by atomic mass is 35.5. The fourth-order valence-corrected chi connectivity index (χ4v) is 3.54. The summed E-state index contributed by atoms with van der Waals surface area (Å²) in [4.78, 5) is 4.00. The van der Waals surface area contributed by atoms with E-state index in [1.807, 2.05) is 12.5 Å². The van der Waals surface area contributed by atoms with Gasteiger partial charge in [-0.05, 0) is 31.8 Å². The zero-order valence-corrected chi connectivity index (χ0v) is 14.3. The van der Waals surface area contributed by atoms with Gasteiger partial charge in [-0.3, -0.25) is 4.98 Å². The van der Waals surface area contributed by atoms with Crippen molar-refractivity contribution in [2.75, 3.05) is 7.11 Å². The molecule has 4 nitrogen and oxygen atoms in total. The highest BCUT2D eigenvalue weighted by molar-refractivity contribution is 6.37. The van der Waals surface area contributed by atoms with Crippen molar-refractivity contribution in [1.29, 1.82) is 0 Å². The summed E-state index contributed by atoms with van der Waals surface area (Å²) in [5.41, 5.74) is 1.50. The topological polar surface area (TPSA) is 51.6 Å². The highest BCUT2D eigenvalue weighted by Crippen LogP contribution is 2.40. The Morgan fingerprint density at radius 2 is 1.96 bits per heavy atom. The molecule has 123 valence electrons. The average molecular weight is 355 g/mol. The van der Waals surface area contributed by atoms with Gasteiger partial charge in [-0.15, -0.1) is 0 Å². The van der Waals surface area contributed by atoms with Gasteiger partial charge in [0.25, 0.3) is 0 Å². The van der Waals surface area contributed by atoms with Gasteiger partial charge in [0.15, 0.2) is 11.5 Å². The summed E-state index contributed by atoms with van der Waals surface area (Å²) in [6.07, 6.45) is 9.62. The summed E-state index contributed by atoms with van der Waals surface area (Å²) in [6.45, 7) is 0. The second-order valence-corrected chi connectivity index (χ2v) is 6.45. The number of rotatable bonds is 4. The number of pyridine rings is 1. The molecule has 6 heteroatoms. The molecular weight excluding hydrogens is 337 g/mol. The van der Waals surface area contributed by atoms with Crippen LogP contribution in [0, 0.1) is 6.42 Å². The molecule has 1 aromatic rings. The van der Waals surface area contributed by atoms with Crippen molar-refractivity contribution in [1.82, 2.24) is 4.98 Å². The zero-order chi connectivity index (χ0) is 16.4. The summed E-state index contributed by atoms with van der Waals surface area (Å²) in [5.74, 6) is 1.28. The lowest BCUT2D eigenvalue weighted by molar-refractivity contribution is 0.0899. The third-order valence-electron chi connectivity index (χ3n) is 4.08. The number of hydrogen-bond donors (Lipinski definition) is 1. The predicted octanol–water partition coefficient (Wildman–Crippen LogP) is 4.17. The van der Waals surface area contributed by atoms with Crippen molar-refractivity contribution >= 4 is 28.8 Å². The second-order valence-electron chi connectivity index (χ2n) is 5.64. The van der Waals surface area contributed by atoms with Crippen LogP contribution in [0.1, 0.15) is 31.2 Å². The van der Waals surface area contributed by atoms with E-state index in [4.69, 9.17) is 32.7 Å². The Morgan fingerprint density at radius 1 is 1.22 bits per heavy atom. The summed E-state index contributed by atoms with van der Waals surface area (Å²) < 4.78 is 11.6. The van der Waals surface area contributed by atoms with Gasteiger partial charge in [0.1, 0.15) is 6.10 Å². The van der Waals surface area contributed by atoms with E-state index in [2.05, 4.69) is 4.98 Å². The summed E-state index contributed by atoms with van der Waals surface area (Å²) >= 11 is 12.6. The number of aliphatic hydroxyl groups is 1. The average Bonchev–Trinajstić information content (AvgIpc) is 2.93. The molecule has 1 saturated carbocycles. The first-order valence-electron chi connectivity index (χ1n) is 7.56. The number of aliphatic hydroxyl groups excluding tert-OH is 1. The smallest absolute Gasteiger partial charge is 0.165 e. The fraction of sp³-hybridized carbons (Fsp3) is 0.412. The van der Waals surface area contributed by atoms with Crippen LogP contribution in [0.3, 0.4) is 0 Å². The van der Waals surface area contributed by atoms with Crippen LogP contribution in [-0.4, -0.2) is 29.4 Å². The number of methoxy groups -OCH3 is 1. The first-order valence-corrected chi connectivity index (χ1v) is 8.31. The lowest BCUT2D eigenvalue weighted by Gasteiger charge is -2.25. The fourth-order valence-electron chi connectivity index (χ4n) is 2.97. The van der Waals surface area contributed by atoms with Crippen LogP contribution in [0.4, 0.5) is 0 Å². The van der Waals surface area contributed by atoms with E-state index in [1.165, 1.54) is 0 Å². The maximum Gasteiger partial charge on any atom is 0.165 e. The van der Waals surface area contributed by atoms with Gasteiger partial charge >= 0.3 is 0 Å². The number of ether oxygens (including phenoxy) is 2. The Labute approximate surface area is 145 Å². The van der Waals surface area contributed by atoms with E-state index in [0.29, 0.717) is 40.0 Å². The van der Waals surface area contributed by atoms with E-state index in [1.54, 1.807) is 19.5 Å². The van der Waals surface area contributed by atoms with Gasteiger partial charge in [0, 0.05) is 30.0 Å². The molecule has 1 fully saturated rings. The van der Waals surface area contributed by atoms with Crippen molar-refractivity contribution < 1.29 is 14.6 Å². The molecule has 1 aromatic heterocycles. The van der Waals surface area contributed by atoms with Crippen molar-refractivity contribution in [3.63, 3.8) is 0 Å². The van der Waals surface area contributed by atoms with Crippen LogP contribution in [-0.2, 0) is 9.47 Å². The number of nitrogens with zero attached hydrogens (tertiary/aromatic N) is 1. The molecule has 0 aromatic carbocycles. The minimum Gasteiger partial charge on any atom is -0.493 e. The normalized spacial score (nSPS) is 24.6. The molecule has 0 aliphatic heterocycles. The Hall–Kier alpha value is -1.23. The molecule has 0 amide bonds. The maximum absolute atomic E-state index is 9.72. The summed E-state index contributed by atoms with van der Waals surface area (Å²) in [5, 5.41) is 10.7. The summed E-state index contributed by atoms with van der Waals surface area (Å²) in [7, 11) is 1.61. The Kier molecular flexibility index (Phi) is 5.14. The Morgan fingerprint density at radius 3 is 2.57 bits per heavy atom. The van der Waals surface area contributed by atoms with Crippen LogP contribution in [0.5, 0.6) is 0 Å². The van der Waals surface area contributed by atoms with Crippen LogP contribution in [0.2, 0.25) is 10.0 Å². The van der Waals surface area contributed by atoms with E-state index < -0.39 is 0 Å². The zero-order valence-electron chi connectivity index (χ0n) is 12.8. The van der Waals surface area contributed by atoms with E-state index in [-0.39, 0.29) is 12.2 Å². The van der Waals surface area contributed by atoms with E-state index >= 15 is 0 Å². The Bertz CT molecular complexity index is 637. The highest BCUT2D eigenvalue weighted by Gasteiger charge is 2.30. The monoisotopic (exact) mass is 354 g/mol. The molecule has 0 spiro atoms. The molecular formula is C17H18Cl2NO3. The number of allylic oxidation sites excluding steroid dienone is 2. The van der Waals surface area contributed by atoms with Gasteiger partial charge in [-0.25, -0.2) is 0 Å². The number of halogens is 2. The van der Waals surface area contributed by atoms with Crippen molar-refractivity contribution in [2.45, 2.75) is 37.9 Å². The standard InChI is InChI=1S/C17H18Cl2NO3/c1-22-15-4-2-3-12(16-13(18)8-20-9-14(16)19)17(15)23-11-6-5-10(21)7-11/h3-4,8-11,21H,2,5-7H2,1H3/t10-,11+/m0/s1. The van der Waals surface area contributed by atoms with Crippen molar-refractivity contribution in [3.8, 4) is 0 Å². The molecule has 1 radical (unpaired) electrons. The minimum absolute atomic E-state index is 0.0422. The van der Waals surface area contributed by atoms with Gasteiger partial charge < -0.3 is 14.6 Å². The number of aromatic nitrogens is 1. The lowest BCUT2D eigenvalue weighted by atomic mass is 9.95. The van der Waals surface area contributed by atoms with E-state index in [9.17, 15) is 5.11 Å². The molecule has 3 rings (SSSR count). The maximum atomic E-state index is 9.72. The molecule has 2 atom stereocenters. The SMILES string of the molecule is COC1=CC[CH]C(c2c(Cl)cncc2Cl)=C1O[C@@H]1CC[C@H](O)C1. The quantitative estimate of drug-likeness (QED) is 0.881. The third-order valence-corrected chi connectivity index (χ3v) is 4.65. The van der Waals surface area contributed by atoms with E-state index in [0.717, 1.165) is 18.4 Å². The predicted molar refractivity (Wildman–Crippen MR) is 89.9 cm³/mol. The molecule has 1 N–H and O–H groups in total. The molecule has 2 aliphatic rings. The largest absolute Gasteiger partial charge is 0.493 e. The van der Waals surface area contributed by atoms with Crippen molar-refractivity contribution in [3.05, 3.63) is 52.0 Å². The van der Waals surface area contributed by atoms with Crippen LogP contribution in [0.25, 0.3) is 5.57 Å². The first kappa shape index (κ1) is 16.6. The minimum atomic E-state index is -0.306. The molecule has 0 saturated heterocycles. The van der Waals surface area contributed by atoms with Gasteiger partial charge in [0.2, 0.25) is 0 Å². The van der Waals surface area contributed by atoms with Crippen molar-refractivity contribution in [2.24, 2.45) is 0 Å². The van der Waals surface area contributed by atoms with Gasteiger partial charge in [0.05, 0.1) is 23.3 Å². The van der Waals surface area contributed by atoms with Gasteiger partial charge in [-0.1, -0.05) is 23.2 Å². The first-order chi connectivity index (χ1) is 11.1. The van der Waals surface area contributed by atoms with Gasteiger partial charge in [-0.2, -0.15) is 0 Å². The molecule has 1 heterocycles. The molecule has 23 heavy (non-hydrogen) atoms. The molecule has 0 unspecified atom stereocenters. The van der Waals surface area contributed by atoms with Crippen LogP contribution >= 0.6 is 23.2 Å². The molecule has 0 bridgehead atoms. The number of hydrogen-bond acceptors (Lipinski definition) is 4.